The zero-order valence-electron chi connectivity index (χ0n) is 8.39. The van der Waals surface area contributed by atoms with Crippen LogP contribution in [0.2, 0.25) is 0 Å². The van der Waals surface area contributed by atoms with E-state index in [0.717, 1.165) is 24.0 Å². The molecule has 1 saturated carbocycles. The predicted molar refractivity (Wildman–Crippen MR) is 53.6 cm³/mol. The molecule has 0 heterocycles. The molecule has 0 aliphatic heterocycles. The van der Waals surface area contributed by atoms with Crippen molar-refractivity contribution >= 4 is 0 Å². The van der Waals surface area contributed by atoms with Gasteiger partial charge in [-0.3, -0.25) is 0 Å². The van der Waals surface area contributed by atoms with Crippen LogP contribution >= 0.6 is 0 Å². The van der Waals surface area contributed by atoms with Crippen LogP contribution in [0.4, 0.5) is 4.39 Å². The summed E-state index contributed by atoms with van der Waals surface area (Å²) in [6, 6.07) is 5.12. The molecule has 0 radical (unpaired) electrons. The Balaban J connectivity index is 2.08. The third-order valence-corrected chi connectivity index (χ3v) is 3.02. The molecule has 1 N–H and O–H groups in total. The van der Waals surface area contributed by atoms with Gasteiger partial charge in [-0.2, -0.15) is 0 Å². The highest BCUT2D eigenvalue weighted by Crippen LogP contribution is 2.39. The van der Waals surface area contributed by atoms with Crippen molar-refractivity contribution in [2.75, 3.05) is 0 Å². The molecular formula is C12H15FO. The van der Waals surface area contributed by atoms with Crippen molar-refractivity contribution in [3.05, 3.63) is 35.1 Å². The van der Waals surface area contributed by atoms with Gasteiger partial charge in [0.15, 0.2) is 0 Å². The number of rotatable bonds is 3. The molecule has 0 spiro atoms. The molecule has 1 nitrogen and oxygen atoms in total. The molecule has 1 aromatic carbocycles. The first-order valence-electron chi connectivity index (χ1n) is 5.07. The van der Waals surface area contributed by atoms with E-state index in [1.807, 2.05) is 13.0 Å². The maximum Gasteiger partial charge on any atom is 0.126 e. The van der Waals surface area contributed by atoms with E-state index in [-0.39, 0.29) is 5.82 Å². The number of aryl methyl sites for hydroxylation is 1. The van der Waals surface area contributed by atoms with Gasteiger partial charge in [-0.25, -0.2) is 4.39 Å². The van der Waals surface area contributed by atoms with Crippen LogP contribution in [0, 0.1) is 12.7 Å². The van der Waals surface area contributed by atoms with Crippen molar-refractivity contribution < 1.29 is 9.50 Å². The Hall–Kier alpha value is -0.890. The van der Waals surface area contributed by atoms with E-state index in [9.17, 15) is 9.50 Å². The Kier molecular flexibility index (Phi) is 2.31. The number of aliphatic hydroxyl groups is 1. The molecule has 0 atom stereocenters. The molecule has 0 amide bonds. The summed E-state index contributed by atoms with van der Waals surface area (Å²) >= 11 is 0. The zero-order valence-corrected chi connectivity index (χ0v) is 8.39. The predicted octanol–water partition coefficient (Wildman–Crippen LogP) is 2.59. The van der Waals surface area contributed by atoms with E-state index in [1.165, 1.54) is 6.07 Å². The summed E-state index contributed by atoms with van der Waals surface area (Å²) in [5.41, 5.74) is 1.26. The smallest absolute Gasteiger partial charge is 0.126 e. The average molecular weight is 194 g/mol. The van der Waals surface area contributed by atoms with Crippen LogP contribution in [0.3, 0.4) is 0 Å². The molecule has 0 aromatic heterocycles. The molecule has 1 fully saturated rings. The quantitative estimate of drug-likeness (QED) is 0.784. The first kappa shape index (κ1) is 9.66. The van der Waals surface area contributed by atoms with Gasteiger partial charge >= 0.3 is 0 Å². The summed E-state index contributed by atoms with van der Waals surface area (Å²) in [7, 11) is 0. The first-order chi connectivity index (χ1) is 6.61. The number of halogens is 1. The number of hydrogen-bond acceptors (Lipinski definition) is 1. The van der Waals surface area contributed by atoms with Gasteiger partial charge in [0.2, 0.25) is 0 Å². The zero-order chi connectivity index (χ0) is 10.2. The highest BCUT2D eigenvalue weighted by molar-refractivity contribution is 5.27. The monoisotopic (exact) mass is 194 g/mol. The molecule has 1 aromatic rings. The third-order valence-electron chi connectivity index (χ3n) is 3.02. The van der Waals surface area contributed by atoms with Crippen LogP contribution in [0.25, 0.3) is 0 Å². The SMILES string of the molecule is Cc1cccc(F)c1CCC1(O)CC1. The second kappa shape index (κ2) is 3.35. The number of hydrogen-bond donors (Lipinski definition) is 1. The summed E-state index contributed by atoms with van der Waals surface area (Å²) in [6.07, 6.45) is 3.09. The first-order valence-corrected chi connectivity index (χ1v) is 5.07. The fourth-order valence-corrected chi connectivity index (χ4v) is 1.74. The van der Waals surface area contributed by atoms with E-state index in [2.05, 4.69) is 0 Å². The van der Waals surface area contributed by atoms with Gasteiger partial charge in [0.05, 0.1) is 5.60 Å². The summed E-state index contributed by atoms with van der Waals surface area (Å²) in [6.45, 7) is 1.91. The molecule has 0 bridgehead atoms. The van der Waals surface area contributed by atoms with Crippen LogP contribution < -0.4 is 0 Å². The molecule has 0 unspecified atom stereocenters. The maximum atomic E-state index is 13.4. The van der Waals surface area contributed by atoms with Gasteiger partial charge in [-0.15, -0.1) is 0 Å². The van der Waals surface area contributed by atoms with E-state index in [0.29, 0.717) is 12.8 Å². The Morgan fingerprint density at radius 2 is 2.14 bits per heavy atom. The molecule has 1 aliphatic carbocycles. The molecule has 76 valence electrons. The van der Waals surface area contributed by atoms with E-state index in [1.54, 1.807) is 6.07 Å². The lowest BCUT2D eigenvalue weighted by Gasteiger charge is -2.10. The summed E-state index contributed by atoms with van der Waals surface area (Å²) in [4.78, 5) is 0. The minimum Gasteiger partial charge on any atom is -0.390 e. The topological polar surface area (TPSA) is 20.2 Å². The molecule has 2 heteroatoms. The number of benzene rings is 1. The van der Waals surface area contributed by atoms with E-state index < -0.39 is 5.60 Å². The van der Waals surface area contributed by atoms with Crippen LogP contribution in [0.5, 0.6) is 0 Å². The largest absolute Gasteiger partial charge is 0.390 e. The standard InChI is InChI=1S/C12H15FO/c1-9-3-2-4-11(13)10(9)5-6-12(14)7-8-12/h2-4,14H,5-8H2,1H3. The Morgan fingerprint density at radius 3 is 2.71 bits per heavy atom. The molecule has 0 saturated heterocycles. The van der Waals surface area contributed by atoms with Crippen molar-refractivity contribution in [3.63, 3.8) is 0 Å². The lowest BCUT2D eigenvalue weighted by atomic mass is 10.0. The fourth-order valence-electron chi connectivity index (χ4n) is 1.74. The second-order valence-corrected chi connectivity index (χ2v) is 4.26. The Bertz CT molecular complexity index is 322. The van der Waals surface area contributed by atoms with Crippen LogP contribution in [0.15, 0.2) is 18.2 Å². The van der Waals surface area contributed by atoms with Crippen molar-refractivity contribution in [3.8, 4) is 0 Å². The van der Waals surface area contributed by atoms with Gasteiger partial charge in [-0.05, 0) is 49.8 Å². The van der Waals surface area contributed by atoms with Crippen molar-refractivity contribution in [2.24, 2.45) is 0 Å². The molecular weight excluding hydrogens is 179 g/mol. The average Bonchev–Trinajstić information content (AvgIpc) is 2.83. The molecule has 1 aliphatic rings. The van der Waals surface area contributed by atoms with Gasteiger partial charge in [-0.1, -0.05) is 12.1 Å². The summed E-state index contributed by atoms with van der Waals surface area (Å²) < 4.78 is 13.4. The van der Waals surface area contributed by atoms with Crippen molar-refractivity contribution in [2.45, 2.75) is 38.2 Å². The van der Waals surface area contributed by atoms with Gasteiger partial charge in [0.1, 0.15) is 5.82 Å². The minimum atomic E-state index is -0.477. The summed E-state index contributed by atoms with van der Waals surface area (Å²) in [5, 5.41) is 9.65. The second-order valence-electron chi connectivity index (χ2n) is 4.26. The normalized spacial score (nSPS) is 18.2. The van der Waals surface area contributed by atoms with Gasteiger partial charge in [0, 0.05) is 0 Å². The Morgan fingerprint density at radius 1 is 1.43 bits per heavy atom. The fraction of sp³-hybridized carbons (Fsp3) is 0.500. The van der Waals surface area contributed by atoms with Crippen molar-refractivity contribution in [1.82, 2.24) is 0 Å². The Labute approximate surface area is 83.6 Å². The highest BCUT2D eigenvalue weighted by Gasteiger charge is 2.39. The molecule has 2 rings (SSSR count). The van der Waals surface area contributed by atoms with Crippen LogP contribution in [-0.4, -0.2) is 10.7 Å². The minimum absolute atomic E-state index is 0.144. The van der Waals surface area contributed by atoms with Gasteiger partial charge in [0.25, 0.3) is 0 Å². The third kappa shape index (κ3) is 1.95. The highest BCUT2D eigenvalue weighted by atomic mass is 19.1. The van der Waals surface area contributed by atoms with E-state index in [4.69, 9.17) is 0 Å². The summed E-state index contributed by atoms with van der Waals surface area (Å²) in [5.74, 6) is -0.144. The van der Waals surface area contributed by atoms with Crippen molar-refractivity contribution in [1.29, 1.82) is 0 Å². The lowest BCUT2D eigenvalue weighted by molar-refractivity contribution is 0.140. The van der Waals surface area contributed by atoms with Crippen LogP contribution in [-0.2, 0) is 6.42 Å². The maximum absolute atomic E-state index is 13.4. The van der Waals surface area contributed by atoms with Gasteiger partial charge < -0.3 is 5.11 Å². The molecule has 14 heavy (non-hydrogen) atoms. The van der Waals surface area contributed by atoms with Crippen LogP contribution in [0.1, 0.15) is 30.4 Å². The van der Waals surface area contributed by atoms with E-state index >= 15 is 0 Å². The lowest BCUT2D eigenvalue weighted by Crippen LogP contribution is -2.09.